The maximum atomic E-state index is 13.8. The van der Waals surface area contributed by atoms with Gasteiger partial charge < -0.3 is 9.47 Å². The molecule has 1 saturated heterocycles. The lowest BCUT2D eigenvalue weighted by molar-refractivity contribution is -0.121. The molecule has 1 aliphatic rings. The Balaban J connectivity index is 1.54. The molecule has 0 saturated carbocycles. The highest BCUT2D eigenvalue weighted by Crippen LogP contribution is 2.34. The van der Waals surface area contributed by atoms with Crippen LogP contribution < -0.4 is 19.3 Å². The van der Waals surface area contributed by atoms with E-state index in [-0.39, 0.29) is 5.57 Å². The van der Waals surface area contributed by atoms with E-state index in [9.17, 15) is 14.4 Å². The van der Waals surface area contributed by atoms with Gasteiger partial charge in [0.1, 0.15) is 12.2 Å². The second-order valence-corrected chi connectivity index (χ2v) is 9.96. The van der Waals surface area contributed by atoms with E-state index in [2.05, 4.69) is 0 Å². The fourth-order valence-corrected chi connectivity index (χ4v) is 4.71. The van der Waals surface area contributed by atoms with Gasteiger partial charge in [0.15, 0.2) is 11.5 Å². The van der Waals surface area contributed by atoms with Gasteiger partial charge in [-0.2, -0.15) is 0 Å². The second-order valence-electron chi connectivity index (χ2n) is 9.52. The number of imide groups is 2. The zero-order chi connectivity index (χ0) is 29.1. The Morgan fingerprint density at radius 3 is 1.83 bits per heavy atom. The molecule has 0 atom stereocenters. The fourth-order valence-electron chi connectivity index (χ4n) is 4.58. The number of barbiturate groups is 1. The number of rotatable bonds is 7. The van der Waals surface area contributed by atoms with Gasteiger partial charge in [0.05, 0.1) is 18.5 Å². The smallest absolute Gasteiger partial charge is 0.343 e. The van der Waals surface area contributed by atoms with E-state index >= 15 is 0 Å². The third-order valence-corrected chi connectivity index (χ3v) is 7.02. The quantitative estimate of drug-likeness (QED) is 0.176. The van der Waals surface area contributed by atoms with E-state index < -0.39 is 17.8 Å². The maximum Gasteiger partial charge on any atom is 0.343 e. The van der Waals surface area contributed by atoms with Crippen LogP contribution in [0.2, 0.25) is 5.02 Å². The third kappa shape index (κ3) is 5.58. The predicted octanol–water partition coefficient (Wildman–Crippen LogP) is 7.13. The first-order chi connectivity index (χ1) is 19.8. The minimum absolute atomic E-state index is 0.159. The second kappa shape index (κ2) is 11.7. The summed E-state index contributed by atoms with van der Waals surface area (Å²) < 4.78 is 11.5. The molecule has 1 heterocycles. The zero-order valence-electron chi connectivity index (χ0n) is 22.8. The molecule has 206 valence electrons. The van der Waals surface area contributed by atoms with Crippen molar-refractivity contribution in [1.82, 2.24) is 0 Å². The summed E-state index contributed by atoms with van der Waals surface area (Å²) >= 11 is 5.97. The summed E-state index contributed by atoms with van der Waals surface area (Å²) in [6.45, 7) is 3.91. The van der Waals surface area contributed by atoms with Crippen LogP contribution in [0.1, 0.15) is 22.3 Å². The summed E-state index contributed by atoms with van der Waals surface area (Å²) in [5, 5.41) is 0.638. The van der Waals surface area contributed by atoms with Crippen LogP contribution in [0.4, 0.5) is 16.2 Å². The Hall–Kier alpha value is -4.88. The maximum absolute atomic E-state index is 13.8. The van der Waals surface area contributed by atoms with Crippen LogP contribution in [-0.4, -0.2) is 25.0 Å². The lowest BCUT2D eigenvalue weighted by atomic mass is 10.0. The molecular weight excluding hydrogens is 540 g/mol. The van der Waals surface area contributed by atoms with E-state index in [1.54, 1.807) is 80.6 Å². The number of hydrogen-bond acceptors (Lipinski definition) is 5. The Morgan fingerprint density at radius 2 is 1.29 bits per heavy atom. The van der Waals surface area contributed by atoms with Crippen molar-refractivity contribution in [2.45, 2.75) is 20.5 Å². The highest BCUT2D eigenvalue weighted by atomic mass is 35.5. The molecule has 0 aliphatic carbocycles. The molecule has 0 spiro atoms. The molecule has 4 aromatic rings. The zero-order valence-corrected chi connectivity index (χ0v) is 23.5. The molecule has 5 rings (SSSR count). The van der Waals surface area contributed by atoms with Crippen LogP contribution in [0.25, 0.3) is 6.08 Å². The molecule has 0 radical (unpaired) electrons. The summed E-state index contributed by atoms with van der Waals surface area (Å²) in [6.07, 6.45) is 1.47. The van der Waals surface area contributed by atoms with Crippen molar-refractivity contribution in [2.24, 2.45) is 0 Å². The van der Waals surface area contributed by atoms with E-state index in [4.69, 9.17) is 21.1 Å². The van der Waals surface area contributed by atoms with Crippen molar-refractivity contribution in [1.29, 1.82) is 0 Å². The molecule has 0 N–H and O–H groups in total. The number of halogens is 1. The number of anilines is 2. The van der Waals surface area contributed by atoms with Crippen molar-refractivity contribution in [3.8, 4) is 11.5 Å². The van der Waals surface area contributed by atoms with Gasteiger partial charge in [-0.05, 0) is 78.6 Å². The number of amides is 4. The normalized spacial score (nSPS) is 13.5. The van der Waals surface area contributed by atoms with Gasteiger partial charge in [-0.1, -0.05) is 66.2 Å². The van der Waals surface area contributed by atoms with Gasteiger partial charge in [-0.15, -0.1) is 0 Å². The number of benzene rings is 4. The highest BCUT2D eigenvalue weighted by molar-refractivity contribution is 6.46. The molecule has 8 heteroatoms. The number of para-hydroxylation sites is 2. The van der Waals surface area contributed by atoms with Gasteiger partial charge in [-0.25, -0.2) is 14.6 Å². The van der Waals surface area contributed by atoms with Gasteiger partial charge in [0.2, 0.25) is 0 Å². The molecule has 1 aliphatic heterocycles. The number of hydrogen-bond donors (Lipinski definition) is 0. The Labute approximate surface area is 243 Å². The highest BCUT2D eigenvalue weighted by Gasteiger charge is 2.44. The van der Waals surface area contributed by atoms with Crippen LogP contribution in [0.15, 0.2) is 96.6 Å². The minimum atomic E-state index is -0.732. The Bertz CT molecular complexity index is 1610. The Kier molecular flexibility index (Phi) is 7.90. The lowest BCUT2D eigenvalue weighted by Crippen LogP contribution is -2.57. The van der Waals surface area contributed by atoms with Crippen molar-refractivity contribution in [3.63, 3.8) is 0 Å². The first-order valence-corrected chi connectivity index (χ1v) is 13.3. The lowest BCUT2D eigenvalue weighted by Gasteiger charge is -2.35. The minimum Gasteiger partial charge on any atom is -0.493 e. The average molecular weight is 567 g/mol. The molecule has 4 amide bonds. The van der Waals surface area contributed by atoms with E-state index in [1.807, 2.05) is 24.3 Å². The number of ether oxygens (including phenoxy) is 2. The number of carbonyl (C=O) groups is 3. The number of carbonyl (C=O) groups excluding carboxylic acids is 3. The van der Waals surface area contributed by atoms with Crippen LogP contribution in [0.5, 0.6) is 11.5 Å². The van der Waals surface area contributed by atoms with Crippen molar-refractivity contribution < 1.29 is 23.9 Å². The van der Waals surface area contributed by atoms with E-state index in [0.717, 1.165) is 26.5 Å². The van der Waals surface area contributed by atoms with Crippen LogP contribution >= 0.6 is 11.6 Å². The molecule has 0 aromatic heterocycles. The van der Waals surface area contributed by atoms with E-state index in [0.29, 0.717) is 40.1 Å². The van der Waals surface area contributed by atoms with Crippen LogP contribution in [-0.2, 0) is 16.2 Å². The van der Waals surface area contributed by atoms with Crippen LogP contribution in [0, 0.1) is 13.8 Å². The molecule has 1 fully saturated rings. The largest absolute Gasteiger partial charge is 0.493 e. The molecule has 0 unspecified atom stereocenters. The van der Waals surface area contributed by atoms with E-state index in [1.165, 1.54) is 13.2 Å². The average Bonchev–Trinajstić information content (AvgIpc) is 2.97. The number of nitrogens with zero attached hydrogens (tertiary/aromatic N) is 2. The molecule has 7 nitrogen and oxygen atoms in total. The Morgan fingerprint density at radius 1 is 0.732 bits per heavy atom. The summed E-state index contributed by atoms with van der Waals surface area (Å²) in [4.78, 5) is 43.4. The standard InChI is InChI=1S/C33H27ClN2O5/c1-21-8-4-6-10-27(21)35-31(37)26(32(38)36(33(35)39)28-11-7-5-9-22(28)2)18-24-14-17-29(30(19-24)40-3)41-20-23-12-15-25(34)16-13-23/h4-19H,20H2,1-3H3. The third-order valence-electron chi connectivity index (χ3n) is 6.77. The molecular formula is C33H27ClN2O5. The SMILES string of the molecule is COc1cc(C=C2C(=O)N(c3ccccc3C)C(=O)N(c3ccccc3C)C2=O)ccc1OCc1ccc(Cl)cc1. The summed E-state index contributed by atoms with van der Waals surface area (Å²) in [5.74, 6) is -0.502. The monoisotopic (exact) mass is 566 g/mol. The summed E-state index contributed by atoms with van der Waals surface area (Å²) in [5.41, 5.74) is 3.55. The molecule has 41 heavy (non-hydrogen) atoms. The molecule has 0 bridgehead atoms. The number of urea groups is 1. The van der Waals surface area contributed by atoms with Gasteiger partial charge in [0.25, 0.3) is 11.8 Å². The number of methoxy groups -OCH3 is 1. The van der Waals surface area contributed by atoms with Gasteiger partial charge >= 0.3 is 6.03 Å². The first kappa shape index (κ1) is 27.7. The topological polar surface area (TPSA) is 76.2 Å². The summed E-state index contributed by atoms with van der Waals surface area (Å²) in [6, 6.07) is 25.8. The summed E-state index contributed by atoms with van der Waals surface area (Å²) in [7, 11) is 1.51. The van der Waals surface area contributed by atoms with Crippen molar-refractivity contribution in [2.75, 3.05) is 16.9 Å². The van der Waals surface area contributed by atoms with Gasteiger partial charge in [0, 0.05) is 5.02 Å². The van der Waals surface area contributed by atoms with Crippen molar-refractivity contribution >= 4 is 46.9 Å². The predicted molar refractivity (Wildman–Crippen MR) is 159 cm³/mol. The van der Waals surface area contributed by atoms with Crippen molar-refractivity contribution in [3.05, 3.63) is 124 Å². The molecule has 4 aromatic carbocycles. The number of aryl methyl sites for hydroxylation is 2. The fraction of sp³-hybridized carbons (Fsp3) is 0.121. The van der Waals surface area contributed by atoms with Gasteiger partial charge in [-0.3, -0.25) is 9.59 Å². The first-order valence-electron chi connectivity index (χ1n) is 12.9. The van der Waals surface area contributed by atoms with Crippen LogP contribution in [0.3, 0.4) is 0 Å².